The van der Waals surface area contributed by atoms with Crippen molar-refractivity contribution in [3.63, 3.8) is 0 Å². The van der Waals surface area contributed by atoms with Crippen LogP contribution in [0.5, 0.6) is 11.5 Å². The summed E-state index contributed by atoms with van der Waals surface area (Å²) in [6.07, 6.45) is 4.17. The number of anilines is 2. The Morgan fingerprint density at radius 3 is 2.29 bits per heavy atom. The number of ether oxygens (including phenoxy) is 2. The van der Waals surface area contributed by atoms with E-state index in [9.17, 15) is 28.4 Å². The van der Waals surface area contributed by atoms with Gasteiger partial charge in [0.25, 0.3) is 17.7 Å². The van der Waals surface area contributed by atoms with Crippen molar-refractivity contribution in [2.75, 3.05) is 49.1 Å². The number of amides is 3. The van der Waals surface area contributed by atoms with Crippen molar-refractivity contribution >= 4 is 40.8 Å². The third-order valence-corrected chi connectivity index (χ3v) is 11.8. The largest absolute Gasteiger partial charge is 0.494 e. The lowest BCUT2D eigenvalue weighted by Gasteiger charge is -2.63. The molecule has 1 aromatic heterocycles. The van der Waals surface area contributed by atoms with Gasteiger partial charge >= 0.3 is 0 Å². The van der Waals surface area contributed by atoms with Crippen LogP contribution in [0.4, 0.5) is 20.3 Å². The minimum atomic E-state index is -0.993. The maximum Gasteiger partial charge on any atom is 0.266 e. The number of carbonyl (C=O) groups is 3. The van der Waals surface area contributed by atoms with Gasteiger partial charge in [0.15, 0.2) is 0 Å². The van der Waals surface area contributed by atoms with Crippen molar-refractivity contribution in [1.82, 2.24) is 15.2 Å². The fourth-order valence-electron chi connectivity index (χ4n) is 8.71. The van der Waals surface area contributed by atoms with Crippen LogP contribution >= 0.6 is 11.6 Å². The molecule has 0 spiro atoms. The number of pyridine rings is 1. The second-order valence-electron chi connectivity index (χ2n) is 16.2. The average molecular weight is 811 g/mol. The summed E-state index contributed by atoms with van der Waals surface area (Å²) in [7, 11) is 0. The Morgan fingerprint density at radius 2 is 1.62 bits per heavy atom. The number of hydrogen-bond donors (Lipinski definition) is 1. The highest BCUT2D eigenvalue weighted by molar-refractivity contribution is 6.34. The van der Waals surface area contributed by atoms with Crippen molar-refractivity contribution in [1.29, 1.82) is 5.26 Å². The zero-order chi connectivity index (χ0) is 41.4. The molecular formula is C44H45ClF2N6O5. The molecule has 3 aliphatic rings. The van der Waals surface area contributed by atoms with Crippen molar-refractivity contribution in [3.8, 4) is 17.6 Å². The summed E-state index contributed by atoms with van der Waals surface area (Å²) in [5, 5.41) is 12.8. The molecule has 2 fully saturated rings. The first kappa shape index (κ1) is 40.6. The molecule has 3 heterocycles. The number of aromatic nitrogens is 1. The van der Waals surface area contributed by atoms with Crippen molar-refractivity contribution in [2.24, 2.45) is 10.8 Å². The molecule has 11 nitrogen and oxygen atoms in total. The maximum absolute atomic E-state index is 14.4. The fraction of sp³-hybridized carbons (Fsp3) is 0.386. The van der Waals surface area contributed by atoms with E-state index >= 15 is 0 Å². The van der Waals surface area contributed by atoms with Gasteiger partial charge in [-0.2, -0.15) is 5.26 Å². The van der Waals surface area contributed by atoms with Gasteiger partial charge in [-0.15, -0.1) is 0 Å². The Bertz CT molecular complexity index is 2260. The van der Waals surface area contributed by atoms with E-state index in [4.69, 9.17) is 21.1 Å². The Hall–Kier alpha value is -5.58. The SMILES string of the molecule is CC1(C)[C@H](NC(=O)c2ccc(N3CCN(CCCCCOc4ccc5c(c4)C(=O)N(c4ccc(F)cc4F)C5=O)CC3)nc2)C(C)(C)[C@H]1Oc1ccc(C#N)c(Cl)c1. The molecule has 1 N–H and O–H groups in total. The lowest BCUT2D eigenvalue weighted by Crippen LogP contribution is -2.74. The number of fused-ring (bicyclic) bond motifs is 1. The van der Waals surface area contributed by atoms with Gasteiger partial charge in [0.2, 0.25) is 0 Å². The van der Waals surface area contributed by atoms with Crippen LogP contribution in [0, 0.1) is 33.8 Å². The predicted molar refractivity (Wildman–Crippen MR) is 216 cm³/mol. The van der Waals surface area contributed by atoms with Crippen LogP contribution in [0.15, 0.2) is 72.9 Å². The second kappa shape index (κ2) is 16.3. The van der Waals surface area contributed by atoms with Gasteiger partial charge in [-0.3, -0.25) is 19.3 Å². The molecule has 58 heavy (non-hydrogen) atoms. The molecule has 1 saturated carbocycles. The van der Waals surface area contributed by atoms with E-state index in [1.54, 1.807) is 30.5 Å². The molecule has 0 atom stereocenters. The van der Waals surface area contributed by atoms with Crippen molar-refractivity contribution < 1.29 is 32.6 Å². The van der Waals surface area contributed by atoms with Crippen LogP contribution in [-0.2, 0) is 0 Å². The van der Waals surface area contributed by atoms with Gasteiger partial charge in [-0.25, -0.2) is 18.7 Å². The van der Waals surface area contributed by atoms with E-state index in [-0.39, 0.29) is 45.7 Å². The maximum atomic E-state index is 14.4. The molecule has 0 radical (unpaired) electrons. The Kier molecular flexibility index (Phi) is 11.4. The first-order valence-corrected chi connectivity index (χ1v) is 19.8. The van der Waals surface area contributed by atoms with E-state index in [0.717, 1.165) is 74.8 Å². The van der Waals surface area contributed by atoms with Crippen LogP contribution in [0.3, 0.4) is 0 Å². The molecule has 4 aromatic rings. The van der Waals surface area contributed by atoms with Crippen LogP contribution in [0.25, 0.3) is 0 Å². The number of piperazine rings is 1. The summed E-state index contributed by atoms with van der Waals surface area (Å²) in [4.78, 5) is 49.3. The molecule has 1 saturated heterocycles. The molecule has 2 aliphatic heterocycles. The fourth-order valence-corrected chi connectivity index (χ4v) is 8.93. The van der Waals surface area contributed by atoms with Crippen molar-refractivity contribution in [2.45, 2.75) is 59.1 Å². The number of nitrogens with one attached hydrogen (secondary N) is 1. The highest BCUT2D eigenvalue weighted by Crippen LogP contribution is 2.55. The van der Waals surface area contributed by atoms with E-state index in [1.165, 1.54) is 12.1 Å². The first-order valence-electron chi connectivity index (χ1n) is 19.4. The monoisotopic (exact) mass is 810 g/mol. The molecule has 1 aliphatic carbocycles. The van der Waals surface area contributed by atoms with E-state index in [0.29, 0.717) is 40.3 Å². The number of hydrogen-bond acceptors (Lipinski definition) is 9. The summed E-state index contributed by atoms with van der Waals surface area (Å²) in [6, 6.07) is 18.0. The molecule has 14 heteroatoms. The summed E-state index contributed by atoms with van der Waals surface area (Å²) in [5.74, 6) is -1.47. The van der Waals surface area contributed by atoms with Gasteiger partial charge in [0, 0.05) is 61.4 Å². The third-order valence-electron chi connectivity index (χ3n) is 11.5. The number of unbranched alkanes of at least 4 members (excludes halogenated alkanes) is 2. The minimum absolute atomic E-state index is 0.119. The lowest BCUT2D eigenvalue weighted by molar-refractivity contribution is -0.164. The minimum Gasteiger partial charge on any atom is -0.494 e. The summed E-state index contributed by atoms with van der Waals surface area (Å²) in [6.45, 7) is 13.1. The normalized spacial score (nSPS) is 19.6. The van der Waals surface area contributed by atoms with Crippen LogP contribution in [0.2, 0.25) is 5.02 Å². The Morgan fingerprint density at radius 1 is 0.897 bits per heavy atom. The number of benzene rings is 3. The topological polar surface area (TPSA) is 128 Å². The van der Waals surface area contributed by atoms with Crippen LogP contribution in [-0.4, -0.2) is 79.1 Å². The molecule has 302 valence electrons. The quantitative estimate of drug-likeness (QED) is 0.107. The van der Waals surface area contributed by atoms with Gasteiger partial charge < -0.3 is 19.7 Å². The first-order chi connectivity index (χ1) is 27.7. The van der Waals surface area contributed by atoms with E-state index in [2.05, 4.69) is 53.9 Å². The molecule has 3 amide bonds. The standard InChI is InChI=1S/C44H45ClF2N6O5/c1-43(2)41(44(3,4)42(43)58-31-11-8-27(25-48)34(45)24-31)50-38(54)28-9-15-37(49-26-28)52-19-17-51(18-20-52)16-6-5-7-21-57-30-12-13-32-33(23-30)40(56)53(39(32)55)36-14-10-29(46)22-35(36)47/h8-15,22-24,26,41-42H,5-7,16-21H2,1-4H3,(H,50,54)/t41-,42-. The summed E-state index contributed by atoms with van der Waals surface area (Å²) >= 11 is 6.23. The number of nitriles is 1. The molecule has 0 unspecified atom stereocenters. The molecule has 0 bridgehead atoms. The van der Waals surface area contributed by atoms with E-state index < -0.39 is 23.4 Å². The predicted octanol–water partition coefficient (Wildman–Crippen LogP) is 7.67. The lowest BCUT2D eigenvalue weighted by atomic mass is 9.49. The highest BCUT2D eigenvalue weighted by Gasteiger charge is 2.64. The van der Waals surface area contributed by atoms with E-state index in [1.807, 2.05) is 12.1 Å². The smallest absolute Gasteiger partial charge is 0.266 e. The number of halogens is 3. The number of nitrogens with zero attached hydrogens (tertiary/aromatic N) is 5. The van der Waals surface area contributed by atoms with Gasteiger partial charge in [0.1, 0.15) is 41.1 Å². The summed E-state index contributed by atoms with van der Waals surface area (Å²) < 4.78 is 40.0. The number of carbonyl (C=O) groups excluding carboxylic acids is 3. The second-order valence-corrected chi connectivity index (χ2v) is 16.6. The highest BCUT2D eigenvalue weighted by atomic mass is 35.5. The zero-order valence-corrected chi connectivity index (χ0v) is 33.6. The Labute approximate surface area is 341 Å². The average Bonchev–Trinajstić information content (AvgIpc) is 3.45. The molecule has 3 aromatic carbocycles. The zero-order valence-electron chi connectivity index (χ0n) is 32.9. The number of imide groups is 1. The van der Waals surface area contributed by atoms with Gasteiger partial charge in [-0.1, -0.05) is 39.3 Å². The molecular weight excluding hydrogens is 766 g/mol. The van der Waals surface area contributed by atoms with Gasteiger partial charge in [-0.05, 0) is 80.4 Å². The third kappa shape index (κ3) is 7.95. The molecule has 7 rings (SSSR count). The summed E-state index contributed by atoms with van der Waals surface area (Å²) in [5.41, 5.74) is 0.0946. The van der Waals surface area contributed by atoms with Crippen LogP contribution in [0.1, 0.15) is 83.6 Å². The van der Waals surface area contributed by atoms with Crippen molar-refractivity contribution in [3.05, 3.63) is 112 Å². The number of rotatable bonds is 13. The van der Waals surface area contributed by atoms with Crippen LogP contribution < -0.4 is 24.6 Å². The Balaban J connectivity index is 0.814. The van der Waals surface area contributed by atoms with Gasteiger partial charge in [0.05, 0.1) is 39.6 Å².